The van der Waals surface area contributed by atoms with Crippen molar-refractivity contribution in [3.63, 3.8) is 0 Å². The maximum atomic E-state index is 11.1. The van der Waals surface area contributed by atoms with Crippen LogP contribution in [-0.4, -0.2) is 29.1 Å². The van der Waals surface area contributed by atoms with Crippen LogP contribution in [0.25, 0.3) is 0 Å². The van der Waals surface area contributed by atoms with E-state index >= 15 is 0 Å². The number of carboxylic acid groups (broad SMARTS) is 1. The first kappa shape index (κ1) is 14.6. The van der Waals surface area contributed by atoms with Gasteiger partial charge in [-0.15, -0.1) is 0 Å². The molecule has 1 aliphatic rings. The zero-order valence-electron chi connectivity index (χ0n) is 12.6. The lowest BCUT2D eigenvalue weighted by atomic mass is 9.83. The summed E-state index contributed by atoms with van der Waals surface area (Å²) < 4.78 is 0. The number of carboxylic acids is 1. The van der Waals surface area contributed by atoms with E-state index in [1.807, 2.05) is 6.92 Å². The van der Waals surface area contributed by atoms with Crippen molar-refractivity contribution in [1.29, 1.82) is 0 Å². The van der Waals surface area contributed by atoms with Gasteiger partial charge in [-0.3, -0.25) is 0 Å². The van der Waals surface area contributed by atoms with Crippen molar-refractivity contribution in [3.05, 3.63) is 35.0 Å². The minimum absolute atomic E-state index is 0.207. The van der Waals surface area contributed by atoms with E-state index in [9.17, 15) is 4.79 Å². The summed E-state index contributed by atoms with van der Waals surface area (Å²) in [5.41, 5.74) is 2.71. The molecule has 0 aromatic carbocycles. The minimum atomic E-state index is -0.903. The van der Waals surface area contributed by atoms with Gasteiger partial charge in [-0.1, -0.05) is 32.4 Å². The first-order chi connectivity index (χ1) is 9.27. The van der Waals surface area contributed by atoms with Gasteiger partial charge < -0.3 is 10.0 Å². The number of aromatic nitrogens is 1. The Bertz CT molecular complexity index is 556. The van der Waals surface area contributed by atoms with Crippen LogP contribution in [0.5, 0.6) is 0 Å². The molecule has 108 valence electrons. The van der Waals surface area contributed by atoms with Gasteiger partial charge in [-0.2, -0.15) is 0 Å². The summed E-state index contributed by atoms with van der Waals surface area (Å²) in [4.78, 5) is 17.7. The van der Waals surface area contributed by atoms with Crippen molar-refractivity contribution in [2.45, 2.75) is 34.1 Å². The Labute approximate surface area is 120 Å². The number of aryl methyl sites for hydroxylation is 1. The Morgan fingerprint density at radius 1 is 1.35 bits per heavy atom. The van der Waals surface area contributed by atoms with Gasteiger partial charge in [0.2, 0.25) is 0 Å². The number of anilines is 1. The van der Waals surface area contributed by atoms with E-state index in [1.54, 1.807) is 12.1 Å². The van der Waals surface area contributed by atoms with Gasteiger partial charge in [0.25, 0.3) is 0 Å². The first-order valence-electron chi connectivity index (χ1n) is 6.94. The fourth-order valence-corrected chi connectivity index (χ4v) is 2.49. The predicted octanol–water partition coefficient (Wildman–Crippen LogP) is 3.27. The number of pyridine rings is 1. The quantitative estimate of drug-likeness (QED) is 0.841. The van der Waals surface area contributed by atoms with Gasteiger partial charge in [0.1, 0.15) is 5.82 Å². The topological polar surface area (TPSA) is 53.4 Å². The van der Waals surface area contributed by atoms with Crippen LogP contribution in [0.4, 0.5) is 5.82 Å². The summed E-state index contributed by atoms with van der Waals surface area (Å²) in [6.07, 6.45) is 3.25. The van der Waals surface area contributed by atoms with Crippen LogP contribution in [-0.2, 0) is 0 Å². The van der Waals surface area contributed by atoms with Crippen molar-refractivity contribution < 1.29 is 9.90 Å². The molecule has 4 nitrogen and oxygen atoms in total. The number of nitrogens with zero attached hydrogens (tertiary/aromatic N) is 2. The third-order valence-corrected chi connectivity index (χ3v) is 3.68. The van der Waals surface area contributed by atoms with Crippen molar-refractivity contribution in [2.24, 2.45) is 5.41 Å². The minimum Gasteiger partial charge on any atom is -0.478 e. The van der Waals surface area contributed by atoms with E-state index < -0.39 is 5.97 Å². The van der Waals surface area contributed by atoms with Crippen molar-refractivity contribution >= 4 is 11.8 Å². The molecule has 20 heavy (non-hydrogen) atoms. The molecule has 1 N–H and O–H groups in total. The Morgan fingerprint density at radius 2 is 2.05 bits per heavy atom. The fraction of sp³-hybridized carbons (Fsp3) is 0.500. The number of hydrogen-bond donors (Lipinski definition) is 1. The smallest absolute Gasteiger partial charge is 0.335 e. The van der Waals surface area contributed by atoms with Crippen LogP contribution < -0.4 is 4.90 Å². The summed E-state index contributed by atoms with van der Waals surface area (Å²) >= 11 is 0. The maximum Gasteiger partial charge on any atom is 0.335 e. The van der Waals surface area contributed by atoms with Crippen LogP contribution in [0, 0.1) is 12.3 Å². The number of rotatable bonds is 2. The third kappa shape index (κ3) is 3.18. The molecule has 2 heterocycles. The lowest BCUT2D eigenvalue weighted by Gasteiger charge is -2.33. The Morgan fingerprint density at radius 3 is 2.55 bits per heavy atom. The van der Waals surface area contributed by atoms with Crippen LogP contribution in [0.15, 0.2) is 23.8 Å². The highest BCUT2D eigenvalue weighted by Gasteiger charge is 2.22. The lowest BCUT2D eigenvalue weighted by Crippen LogP contribution is -2.32. The zero-order valence-corrected chi connectivity index (χ0v) is 12.6. The first-order valence-corrected chi connectivity index (χ1v) is 6.94. The van der Waals surface area contributed by atoms with E-state index in [4.69, 9.17) is 5.11 Å². The van der Waals surface area contributed by atoms with E-state index in [-0.39, 0.29) is 5.41 Å². The Balaban J connectivity index is 2.23. The molecule has 4 heteroatoms. The van der Waals surface area contributed by atoms with Crippen LogP contribution >= 0.6 is 0 Å². The summed E-state index contributed by atoms with van der Waals surface area (Å²) in [5.74, 6) is -0.147. The SMILES string of the molecule is Cc1cc(C(=O)O)cc(N2CC=C(C(C)(C)C)CC2)n1. The van der Waals surface area contributed by atoms with Crippen LogP contribution in [0.3, 0.4) is 0 Å². The summed E-state index contributed by atoms with van der Waals surface area (Å²) in [5, 5.41) is 9.12. The molecule has 0 saturated carbocycles. The molecule has 0 amide bonds. The molecule has 1 aromatic rings. The molecule has 0 unspecified atom stereocenters. The van der Waals surface area contributed by atoms with E-state index in [1.165, 1.54) is 5.57 Å². The Kier molecular flexibility index (Phi) is 3.84. The van der Waals surface area contributed by atoms with E-state index in [2.05, 4.69) is 36.7 Å². The molecular weight excluding hydrogens is 252 g/mol. The largest absolute Gasteiger partial charge is 0.478 e. The highest BCUT2D eigenvalue weighted by molar-refractivity contribution is 5.88. The summed E-state index contributed by atoms with van der Waals surface area (Å²) in [7, 11) is 0. The van der Waals surface area contributed by atoms with Gasteiger partial charge in [0.15, 0.2) is 0 Å². The number of aromatic carboxylic acids is 1. The van der Waals surface area contributed by atoms with Crippen LogP contribution in [0.1, 0.15) is 43.2 Å². The molecule has 0 radical (unpaired) electrons. The predicted molar refractivity (Wildman–Crippen MR) is 80.3 cm³/mol. The van der Waals surface area contributed by atoms with Gasteiger partial charge >= 0.3 is 5.97 Å². The maximum absolute atomic E-state index is 11.1. The fourth-order valence-electron chi connectivity index (χ4n) is 2.49. The average molecular weight is 274 g/mol. The van der Waals surface area contributed by atoms with Gasteiger partial charge in [-0.05, 0) is 30.9 Å². The van der Waals surface area contributed by atoms with Crippen LogP contribution in [0.2, 0.25) is 0 Å². The van der Waals surface area contributed by atoms with Crippen molar-refractivity contribution in [3.8, 4) is 0 Å². The van der Waals surface area contributed by atoms with Crippen molar-refractivity contribution in [2.75, 3.05) is 18.0 Å². The summed E-state index contributed by atoms with van der Waals surface area (Å²) in [6, 6.07) is 3.26. The normalized spacial score (nSPS) is 16.0. The molecule has 0 aliphatic carbocycles. The second kappa shape index (κ2) is 5.27. The molecule has 0 atom stereocenters. The molecule has 2 rings (SSSR count). The molecule has 0 saturated heterocycles. The molecule has 1 aromatic heterocycles. The summed E-state index contributed by atoms with van der Waals surface area (Å²) in [6.45, 7) is 10.2. The molecule has 0 fully saturated rings. The highest BCUT2D eigenvalue weighted by atomic mass is 16.4. The molecule has 0 spiro atoms. The second-order valence-electron chi connectivity index (χ2n) is 6.34. The van der Waals surface area contributed by atoms with E-state index in [0.29, 0.717) is 5.56 Å². The van der Waals surface area contributed by atoms with Gasteiger partial charge in [-0.25, -0.2) is 9.78 Å². The monoisotopic (exact) mass is 274 g/mol. The lowest BCUT2D eigenvalue weighted by molar-refractivity contribution is 0.0696. The standard InChI is InChI=1S/C16H22N2O2/c1-11-9-12(15(19)20)10-14(17-11)18-7-5-13(6-8-18)16(2,3)4/h5,9-10H,6-8H2,1-4H3,(H,19,20). The molecule has 1 aliphatic heterocycles. The second-order valence-corrected chi connectivity index (χ2v) is 6.34. The molecular formula is C16H22N2O2. The average Bonchev–Trinajstić information content (AvgIpc) is 2.37. The number of hydrogen-bond acceptors (Lipinski definition) is 3. The van der Waals surface area contributed by atoms with Gasteiger partial charge in [0.05, 0.1) is 5.56 Å². The van der Waals surface area contributed by atoms with E-state index in [0.717, 1.165) is 31.0 Å². The zero-order chi connectivity index (χ0) is 14.9. The highest BCUT2D eigenvalue weighted by Crippen LogP contribution is 2.31. The molecule has 0 bridgehead atoms. The van der Waals surface area contributed by atoms with Crippen molar-refractivity contribution in [1.82, 2.24) is 4.98 Å². The third-order valence-electron chi connectivity index (χ3n) is 3.68. The Hall–Kier alpha value is -1.84. The number of carbonyl (C=O) groups is 1. The van der Waals surface area contributed by atoms with Gasteiger partial charge in [0, 0.05) is 18.8 Å².